The van der Waals surface area contributed by atoms with Gasteiger partial charge in [-0.3, -0.25) is 4.79 Å². The van der Waals surface area contributed by atoms with E-state index in [2.05, 4.69) is 11.4 Å². The molecule has 0 radical (unpaired) electrons. The van der Waals surface area contributed by atoms with Crippen molar-refractivity contribution in [1.82, 2.24) is 5.32 Å². The van der Waals surface area contributed by atoms with Gasteiger partial charge >= 0.3 is 0 Å². The summed E-state index contributed by atoms with van der Waals surface area (Å²) < 4.78 is 0.418. The van der Waals surface area contributed by atoms with Crippen LogP contribution in [0.25, 0.3) is 0 Å². The van der Waals surface area contributed by atoms with Crippen molar-refractivity contribution in [2.75, 3.05) is 12.3 Å². The zero-order chi connectivity index (χ0) is 13.3. The van der Waals surface area contributed by atoms with Crippen LogP contribution in [0.3, 0.4) is 0 Å². The van der Waals surface area contributed by atoms with E-state index >= 15 is 0 Å². The van der Waals surface area contributed by atoms with Crippen LogP contribution >= 0.6 is 11.8 Å². The number of hydrogen-bond acceptors (Lipinski definition) is 3. The van der Waals surface area contributed by atoms with Crippen molar-refractivity contribution < 1.29 is 4.79 Å². The fraction of sp³-hybridized carbons (Fsp3) is 0.867. The van der Waals surface area contributed by atoms with Crippen LogP contribution in [0.5, 0.6) is 0 Å². The molecule has 4 rings (SSSR count). The van der Waals surface area contributed by atoms with Gasteiger partial charge in [0.1, 0.15) is 0 Å². The summed E-state index contributed by atoms with van der Waals surface area (Å²) in [5.74, 6) is 3.52. The van der Waals surface area contributed by atoms with Crippen LogP contribution in [-0.2, 0) is 4.79 Å². The van der Waals surface area contributed by atoms with Gasteiger partial charge < -0.3 is 5.32 Å². The summed E-state index contributed by atoms with van der Waals surface area (Å²) in [7, 11) is 0. The monoisotopic (exact) mass is 278 g/mol. The van der Waals surface area contributed by atoms with Crippen LogP contribution in [-0.4, -0.2) is 23.0 Å². The van der Waals surface area contributed by atoms with Crippen LogP contribution in [0, 0.1) is 29.1 Å². The third kappa shape index (κ3) is 2.91. The largest absolute Gasteiger partial charge is 0.354 e. The number of carbonyl (C=O) groups excluding carboxylic acids is 1. The average molecular weight is 278 g/mol. The number of nitrogens with zero attached hydrogens (tertiary/aromatic N) is 1. The van der Waals surface area contributed by atoms with Crippen molar-refractivity contribution in [2.45, 2.75) is 49.7 Å². The third-order valence-electron chi connectivity index (χ3n) is 5.05. The number of hydrogen-bond donors (Lipinski definition) is 1. The molecule has 4 aliphatic rings. The lowest BCUT2D eigenvalue weighted by atomic mass is 9.56. The van der Waals surface area contributed by atoms with Crippen molar-refractivity contribution in [3.05, 3.63) is 0 Å². The number of nitriles is 1. The lowest BCUT2D eigenvalue weighted by Crippen LogP contribution is -2.49. The SMILES string of the molecule is N#CCCNC(=O)CSC12CC3CC(CC(C3)C1)C2. The van der Waals surface area contributed by atoms with Gasteiger partial charge in [0.05, 0.1) is 18.2 Å². The highest BCUT2D eigenvalue weighted by Crippen LogP contribution is 2.60. The molecule has 0 atom stereocenters. The zero-order valence-electron chi connectivity index (χ0n) is 11.4. The van der Waals surface area contributed by atoms with Crippen molar-refractivity contribution >= 4 is 17.7 Å². The third-order valence-corrected chi connectivity index (χ3v) is 6.57. The topological polar surface area (TPSA) is 52.9 Å². The zero-order valence-corrected chi connectivity index (χ0v) is 12.2. The molecular weight excluding hydrogens is 256 g/mol. The van der Waals surface area contributed by atoms with Crippen LogP contribution < -0.4 is 5.32 Å². The molecule has 4 aliphatic carbocycles. The molecule has 0 aromatic carbocycles. The van der Waals surface area contributed by atoms with Crippen LogP contribution in [0.2, 0.25) is 0 Å². The van der Waals surface area contributed by atoms with Crippen molar-refractivity contribution in [1.29, 1.82) is 5.26 Å². The molecule has 4 bridgehead atoms. The molecule has 104 valence electrons. The number of nitrogens with one attached hydrogen (secondary N) is 1. The van der Waals surface area contributed by atoms with E-state index < -0.39 is 0 Å². The molecular formula is C15H22N2OS. The van der Waals surface area contributed by atoms with E-state index in [0.29, 0.717) is 23.5 Å². The molecule has 4 saturated carbocycles. The van der Waals surface area contributed by atoms with E-state index in [4.69, 9.17) is 5.26 Å². The lowest BCUT2D eigenvalue weighted by molar-refractivity contribution is -0.118. The standard InChI is InChI=1S/C15H22N2OS/c16-2-1-3-17-14(18)10-19-15-7-11-4-12(8-15)6-13(5-11)9-15/h11-13H,1,3-10H2,(H,17,18). The summed E-state index contributed by atoms with van der Waals surface area (Å²) >= 11 is 1.91. The minimum absolute atomic E-state index is 0.107. The highest BCUT2D eigenvalue weighted by molar-refractivity contribution is 8.01. The second-order valence-corrected chi connectivity index (χ2v) is 8.09. The van der Waals surface area contributed by atoms with E-state index in [1.807, 2.05) is 11.8 Å². The molecule has 4 heteroatoms. The minimum Gasteiger partial charge on any atom is -0.354 e. The van der Waals surface area contributed by atoms with E-state index in [1.54, 1.807) is 0 Å². The molecule has 19 heavy (non-hydrogen) atoms. The van der Waals surface area contributed by atoms with Crippen LogP contribution in [0.4, 0.5) is 0 Å². The number of rotatable bonds is 5. The Morgan fingerprint density at radius 1 is 1.21 bits per heavy atom. The first kappa shape index (κ1) is 13.3. The fourth-order valence-corrected chi connectivity index (χ4v) is 6.34. The van der Waals surface area contributed by atoms with Crippen LogP contribution in [0.15, 0.2) is 0 Å². The molecule has 0 aromatic rings. The van der Waals surface area contributed by atoms with Gasteiger partial charge in [0.25, 0.3) is 0 Å². The second-order valence-electron chi connectivity index (χ2n) is 6.65. The summed E-state index contributed by atoms with van der Waals surface area (Å²) in [6, 6.07) is 2.05. The van der Waals surface area contributed by atoms with Gasteiger partial charge in [-0.2, -0.15) is 5.26 Å². The summed E-state index contributed by atoms with van der Waals surface area (Å²) in [5, 5.41) is 11.3. The van der Waals surface area contributed by atoms with Gasteiger partial charge in [0.15, 0.2) is 0 Å². The Hall–Kier alpha value is -0.690. The van der Waals surface area contributed by atoms with E-state index in [0.717, 1.165) is 17.8 Å². The molecule has 1 amide bonds. The summed E-state index contributed by atoms with van der Waals surface area (Å²) in [6.45, 7) is 0.497. The van der Waals surface area contributed by atoms with Gasteiger partial charge in [-0.1, -0.05) is 0 Å². The Labute approximate surface area is 119 Å². The summed E-state index contributed by atoms with van der Waals surface area (Å²) in [6.07, 6.45) is 8.80. The maximum absolute atomic E-state index is 11.8. The smallest absolute Gasteiger partial charge is 0.230 e. The average Bonchev–Trinajstić information content (AvgIpc) is 2.35. The molecule has 0 aliphatic heterocycles. The van der Waals surface area contributed by atoms with Gasteiger partial charge in [0.2, 0.25) is 5.91 Å². The first-order valence-corrected chi connectivity index (χ1v) is 8.45. The van der Waals surface area contributed by atoms with Gasteiger partial charge in [-0.25, -0.2) is 0 Å². The Kier molecular flexibility index (Phi) is 3.75. The molecule has 0 spiro atoms. The number of amides is 1. The molecule has 1 N–H and O–H groups in total. The Morgan fingerprint density at radius 2 is 1.79 bits per heavy atom. The normalized spacial score (nSPS) is 39.0. The van der Waals surface area contributed by atoms with Gasteiger partial charge in [-0.15, -0.1) is 11.8 Å². The lowest BCUT2D eigenvalue weighted by Gasteiger charge is -2.56. The molecule has 0 heterocycles. The molecule has 4 fully saturated rings. The number of carbonyl (C=O) groups is 1. The first-order chi connectivity index (χ1) is 9.19. The van der Waals surface area contributed by atoms with Gasteiger partial charge in [-0.05, 0) is 56.3 Å². The van der Waals surface area contributed by atoms with Crippen molar-refractivity contribution in [2.24, 2.45) is 17.8 Å². The highest BCUT2D eigenvalue weighted by atomic mass is 32.2. The molecule has 3 nitrogen and oxygen atoms in total. The Morgan fingerprint density at radius 3 is 2.32 bits per heavy atom. The molecule has 0 saturated heterocycles. The number of thioether (sulfide) groups is 1. The summed E-state index contributed by atoms with van der Waals surface area (Å²) in [4.78, 5) is 11.8. The Balaban J connectivity index is 1.50. The Bertz CT molecular complexity index is 366. The highest BCUT2D eigenvalue weighted by Gasteiger charge is 2.51. The summed E-state index contributed by atoms with van der Waals surface area (Å²) in [5.41, 5.74) is 0. The quantitative estimate of drug-likeness (QED) is 0.787. The van der Waals surface area contributed by atoms with Crippen molar-refractivity contribution in [3.63, 3.8) is 0 Å². The predicted octanol–water partition coefficient (Wildman–Crippen LogP) is 2.72. The van der Waals surface area contributed by atoms with Crippen molar-refractivity contribution in [3.8, 4) is 6.07 Å². The minimum atomic E-state index is 0.107. The second kappa shape index (κ2) is 5.36. The molecule has 0 aromatic heterocycles. The van der Waals surface area contributed by atoms with Gasteiger partial charge in [0, 0.05) is 11.3 Å². The fourth-order valence-electron chi connectivity index (χ4n) is 4.74. The maximum Gasteiger partial charge on any atom is 0.230 e. The van der Waals surface area contributed by atoms with E-state index in [1.165, 1.54) is 38.5 Å². The van der Waals surface area contributed by atoms with Crippen LogP contribution in [0.1, 0.15) is 44.9 Å². The predicted molar refractivity (Wildman–Crippen MR) is 76.6 cm³/mol. The van der Waals surface area contributed by atoms with E-state index in [9.17, 15) is 4.79 Å². The molecule has 0 unspecified atom stereocenters. The van der Waals surface area contributed by atoms with E-state index in [-0.39, 0.29) is 5.91 Å². The first-order valence-electron chi connectivity index (χ1n) is 7.47. The maximum atomic E-state index is 11.8.